The van der Waals surface area contributed by atoms with E-state index >= 15 is 0 Å². The first kappa shape index (κ1) is 21.4. The van der Waals surface area contributed by atoms with Crippen molar-refractivity contribution in [3.05, 3.63) is 69.6 Å². The Morgan fingerprint density at radius 1 is 1.06 bits per heavy atom. The van der Waals surface area contributed by atoms with Crippen LogP contribution in [0.4, 0.5) is 0 Å². The van der Waals surface area contributed by atoms with Crippen LogP contribution in [0.25, 0.3) is 22.8 Å². The van der Waals surface area contributed by atoms with E-state index in [2.05, 4.69) is 21.9 Å². The van der Waals surface area contributed by atoms with Crippen LogP contribution in [0.1, 0.15) is 51.0 Å². The quantitative estimate of drug-likeness (QED) is 0.544. The summed E-state index contributed by atoms with van der Waals surface area (Å²) in [6.07, 6.45) is 6.62. The lowest BCUT2D eigenvalue weighted by Gasteiger charge is -2.32. The molecule has 1 aromatic heterocycles. The Morgan fingerprint density at radius 3 is 2.55 bits per heavy atom. The summed E-state index contributed by atoms with van der Waals surface area (Å²) >= 11 is 6.44. The number of carbonyl (C=O) groups is 1. The smallest absolute Gasteiger partial charge is 0.299 e. The molecule has 0 radical (unpaired) electrons. The maximum Gasteiger partial charge on any atom is 0.348 e. The number of halogens is 1. The first-order chi connectivity index (χ1) is 14.9. The molecule has 1 heterocycles. The predicted molar refractivity (Wildman–Crippen MR) is 123 cm³/mol. The van der Waals surface area contributed by atoms with E-state index in [1.807, 2.05) is 42.5 Å². The van der Waals surface area contributed by atoms with E-state index < -0.39 is 5.69 Å². The molecule has 160 valence electrons. The van der Waals surface area contributed by atoms with Crippen LogP contribution >= 0.6 is 11.6 Å². The fourth-order valence-corrected chi connectivity index (χ4v) is 4.52. The van der Waals surface area contributed by atoms with Gasteiger partial charge in [-0.25, -0.2) is 9.78 Å². The number of H-pyrrole nitrogens is 1. The lowest BCUT2D eigenvalue weighted by molar-refractivity contribution is -0.129. The molecular formula is C25H26ClN3O2. The monoisotopic (exact) mass is 435 g/mol. The lowest BCUT2D eigenvalue weighted by atomic mass is 9.71. The van der Waals surface area contributed by atoms with Crippen molar-refractivity contribution in [1.29, 1.82) is 0 Å². The third kappa shape index (κ3) is 4.93. The highest BCUT2D eigenvalue weighted by Crippen LogP contribution is 2.38. The highest BCUT2D eigenvalue weighted by Gasteiger charge is 2.33. The largest absolute Gasteiger partial charge is 0.348 e. The van der Waals surface area contributed by atoms with Crippen molar-refractivity contribution in [3.63, 3.8) is 0 Å². The SMILES string of the molecule is CC1(C(=O)CCc2ccc(Cl)c(-c3nc(-c4ccccc4)nc(=O)[nH]3)c2)CCCCC1. The minimum Gasteiger partial charge on any atom is -0.299 e. The van der Waals surface area contributed by atoms with Crippen molar-refractivity contribution >= 4 is 17.4 Å². The van der Waals surface area contributed by atoms with Gasteiger partial charge in [0, 0.05) is 23.0 Å². The van der Waals surface area contributed by atoms with E-state index in [0.29, 0.717) is 40.9 Å². The lowest BCUT2D eigenvalue weighted by Crippen LogP contribution is -2.30. The first-order valence-electron chi connectivity index (χ1n) is 10.8. The van der Waals surface area contributed by atoms with Crippen molar-refractivity contribution in [2.24, 2.45) is 5.41 Å². The molecule has 0 unspecified atom stereocenters. The topological polar surface area (TPSA) is 75.7 Å². The Kier molecular flexibility index (Phi) is 6.33. The van der Waals surface area contributed by atoms with Gasteiger partial charge in [-0.1, -0.05) is 74.2 Å². The van der Waals surface area contributed by atoms with Crippen molar-refractivity contribution < 1.29 is 4.79 Å². The molecule has 2 aromatic carbocycles. The molecule has 4 rings (SSSR count). The number of nitrogens with zero attached hydrogens (tertiary/aromatic N) is 2. The number of nitrogens with one attached hydrogen (secondary N) is 1. The van der Waals surface area contributed by atoms with Gasteiger partial charge in [-0.05, 0) is 37.0 Å². The van der Waals surface area contributed by atoms with Gasteiger partial charge >= 0.3 is 5.69 Å². The number of benzene rings is 2. The van der Waals surface area contributed by atoms with Gasteiger partial charge in [0.25, 0.3) is 0 Å². The van der Waals surface area contributed by atoms with E-state index in [-0.39, 0.29) is 5.41 Å². The zero-order valence-corrected chi connectivity index (χ0v) is 18.4. The van der Waals surface area contributed by atoms with Gasteiger partial charge in [0.2, 0.25) is 0 Å². The molecule has 1 fully saturated rings. The Balaban J connectivity index is 1.58. The van der Waals surface area contributed by atoms with Crippen molar-refractivity contribution in [2.75, 3.05) is 0 Å². The summed E-state index contributed by atoms with van der Waals surface area (Å²) in [5.74, 6) is 1.06. The molecule has 0 atom stereocenters. The molecule has 1 aliphatic carbocycles. The fourth-order valence-electron chi connectivity index (χ4n) is 4.31. The van der Waals surface area contributed by atoms with Gasteiger partial charge in [0.15, 0.2) is 5.82 Å². The van der Waals surface area contributed by atoms with Gasteiger partial charge in [0.1, 0.15) is 11.6 Å². The standard InChI is InChI=1S/C25H26ClN3O2/c1-25(14-6-3-7-15-25)21(30)13-11-17-10-12-20(26)19(16-17)23-27-22(28-24(31)29-23)18-8-4-2-5-9-18/h2,4-5,8-10,12,16H,3,6-7,11,13-15H2,1H3,(H,27,28,29,31). The number of hydrogen-bond acceptors (Lipinski definition) is 4. The van der Waals surface area contributed by atoms with Gasteiger partial charge in [0.05, 0.1) is 5.02 Å². The molecule has 31 heavy (non-hydrogen) atoms. The summed E-state index contributed by atoms with van der Waals surface area (Å²) in [5.41, 5.74) is 1.72. The Bertz CT molecular complexity index is 1140. The third-order valence-electron chi connectivity index (χ3n) is 6.24. The molecule has 0 amide bonds. The minimum atomic E-state index is -0.481. The number of carbonyl (C=O) groups excluding carboxylic acids is 1. The van der Waals surface area contributed by atoms with Crippen LogP contribution < -0.4 is 5.69 Å². The number of hydrogen-bond donors (Lipinski definition) is 1. The number of ketones is 1. The average molecular weight is 436 g/mol. The molecule has 0 saturated heterocycles. The molecule has 1 saturated carbocycles. The van der Waals surface area contributed by atoms with Gasteiger partial charge in [-0.3, -0.25) is 9.78 Å². The fraction of sp³-hybridized carbons (Fsp3) is 0.360. The minimum absolute atomic E-state index is 0.185. The zero-order valence-electron chi connectivity index (χ0n) is 17.7. The van der Waals surface area contributed by atoms with Gasteiger partial charge in [-0.15, -0.1) is 0 Å². The second-order valence-electron chi connectivity index (χ2n) is 8.55. The van der Waals surface area contributed by atoms with Crippen LogP contribution in [0.5, 0.6) is 0 Å². The Labute approximate surface area is 186 Å². The van der Waals surface area contributed by atoms with E-state index in [4.69, 9.17) is 11.6 Å². The maximum atomic E-state index is 12.9. The van der Waals surface area contributed by atoms with Crippen molar-refractivity contribution in [1.82, 2.24) is 15.0 Å². The van der Waals surface area contributed by atoms with Gasteiger partial charge in [-0.2, -0.15) is 4.98 Å². The number of rotatable bonds is 6. The Hall–Kier alpha value is -2.79. The Morgan fingerprint density at radius 2 is 1.81 bits per heavy atom. The summed E-state index contributed by atoms with van der Waals surface area (Å²) in [4.78, 5) is 36.3. The van der Waals surface area contributed by atoms with E-state index in [1.165, 1.54) is 6.42 Å². The molecule has 0 spiro atoms. The number of aromatic amines is 1. The molecule has 3 aromatic rings. The second-order valence-corrected chi connectivity index (χ2v) is 8.96. The van der Waals surface area contributed by atoms with Crippen LogP contribution in [-0.4, -0.2) is 20.7 Å². The van der Waals surface area contributed by atoms with E-state index in [9.17, 15) is 9.59 Å². The highest BCUT2D eigenvalue weighted by atomic mass is 35.5. The van der Waals surface area contributed by atoms with Crippen LogP contribution in [0.15, 0.2) is 53.3 Å². The molecule has 1 N–H and O–H groups in total. The third-order valence-corrected chi connectivity index (χ3v) is 6.57. The second kappa shape index (κ2) is 9.15. The molecule has 1 aliphatic rings. The van der Waals surface area contributed by atoms with Gasteiger partial charge < -0.3 is 0 Å². The average Bonchev–Trinajstić information content (AvgIpc) is 2.79. The zero-order chi connectivity index (χ0) is 21.8. The normalized spacial score (nSPS) is 15.5. The van der Waals surface area contributed by atoms with E-state index in [0.717, 1.165) is 36.8 Å². The maximum absolute atomic E-state index is 12.9. The number of aromatic nitrogens is 3. The van der Waals surface area contributed by atoms with Crippen LogP contribution in [-0.2, 0) is 11.2 Å². The van der Waals surface area contributed by atoms with E-state index in [1.54, 1.807) is 6.07 Å². The summed E-state index contributed by atoms with van der Waals surface area (Å²) < 4.78 is 0. The van der Waals surface area contributed by atoms with Crippen LogP contribution in [0.3, 0.4) is 0 Å². The summed E-state index contributed by atoms with van der Waals surface area (Å²) in [7, 11) is 0. The summed E-state index contributed by atoms with van der Waals surface area (Å²) in [6.45, 7) is 2.11. The van der Waals surface area contributed by atoms with Crippen molar-refractivity contribution in [3.8, 4) is 22.8 Å². The molecular weight excluding hydrogens is 410 g/mol. The van der Waals surface area contributed by atoms with Crippen molar-refractivity contribution in [2.45, 2.75) is 51.9 Å². The predicted octanol–water partition coefficient (Wildman–Crippen LogP) is 5.62. The molecule has 0 aliphatic heterocycles. The van der Waals surface area contributed by atoms with Crippen LogP contribution in [0.2, 0.25) is 5.02 Å². The number of aryl methyl sites for hydroxylation is 1. The number of Topliss-reactive ketones (excluding diaryl/α,β-unsaturated/α-hetero) is 1. The molecule has 5 nitrogen and oxygen atoms in total. The summed E-state index contributed by atoms with van der Waals surface area (Å²) in [6, 6.07) is 15.0. The molecule has 0 bridgehead atoms. The summed E-state index contributed by atoms with van der Waals surface area (Å²) in [5, 5.41) is 0.489. The first-order valence-corrected chi connectivity index (χ1v) is 11.2. The van der Waals surface area contributed by atoms with Crippen LogP contribution in [0, 0.1) is 5.41 Å². The molecule has 6 heteroatoms. The highest BCUT2D eigenvalue weighted by molar-refractivity contribution is 6.33.